The molecule has 1 rings (SSSR count). The standard InChI is InChI=1S/C6H10O6/c7-1-2(8)5-3(9)4(10)6(11)12-5/h2-5,7-10H,1H2/t2-,3-,4-,5?/m1/s1. The van der Waals surface area contributed by atoms with Crippen LogP contribution >= 0.6 is 0 Å². The van der Waals surface area contributed by atoms with Crippen LogP contribution in [0.1, 0.15) is 0 Å². The monoisotopic (exact) mass is 178 g/mol. The summed E-state index contributed by atoms with van der Waals surface area (Å²) < 4.78 is 4.39. The van der Waals surface area contributed by atoms with Crippen molar-refractivity contribution in [3.8, 4) is 0 Å². The van der Waals surface area contributed by atoms with Crippen molar-refractivity contribution in [3.63, 3.8) is 0 Å². The smallest absolute Gasteiger partial charge is 0.338 e. The average molecular weight is 178 g/mol. The minimum absolute atomic E-state index is 0.637. The first-order chi connectivity index (χ1) is 5.57. The molecule has 0 radical (unpaired) electrons. The minimum Gasteiger partial charge on any atom is -0.455 e. The largest absolute Gasteiger partial charge is 0.455 e. The van der Waals surface area contributed by atoms with Crippen LogP contribution in [0.5, 0.6) is 0 Å². The van der Waals surface area contributed by atoms with E-state index < -0.39 is 37.0 Å². The lowest BCUT2D eigenvalue weighted by molar-refractivity contribution is -0.151. The van der Waals surface area contributed by atoms with Crippen molar-refractivity contribution in [3.05, 3.63) is 0 Å². The van der Waals surface area contributed by atoms with Gasteiger partial charge < -0.3 is 25.2 Å². The maximum absolute atomic E-state index is 10.6. The van der Waals surface area contributed by atoms with Gasteiger partial charge in [-0.1, -0.05) is 0 Å². The van der Waals surface area contributed by atoms with Crippen molar-refractivity contribution in [2.45, 2.75) is 24.4 Å². The molecule has 0 aliphatic carbocycles. The van der Waals surface area contributed by atoms with Gasteiger partial charge in [-0.05, 0) is 0 Å². The molecule has 0 saturated carbocycles. The Morgan fingerprint density at radius 1 is 1.50 bits per heavy atom. The highest BCUT2D eigenvalue weighted by molar-refractivity contribution is 5.77. The zero-order chi connectivity index (χ0) is 9.30. The molecule has 1 fully saturated rings. The molecule has 4 atom stereocenters. The lowest BCUT2D eigenvalue weighted by Crippen LogP contribution is -2.40. The number of carbonyl (C=O) groups excluding carboxylic acids is 1. The zero-order valence-corrected chi connectivity index (χ0v) is 6.12. The fourth-order valence-electron chi connectivity index (χ4n) is 1.00. The molecule has 0 aromatic heterocycles. The second kappa shape index (κ2) is 3.36. The van der Waals surface area contributed by atoms with Crippen LogP contribution in [0.25, 0.3) is 0 Å². The van der Waals surface area contributed by atoms with Gasteiger partial charge in [-0.2, -0.15) is 0 Å². The molecule has 6 heteroatoms. The van der Waals surface area contributed by atoms with Crippen molar-refractivity contribution in [1.82, 2.24) is 0 Å². The number of rotatable bonds is 2. The molecular formula is C6H10O6. The Labute approximate surface area is 68.0 Å². The second-order valence-corrected chi connectivity index (χ2v) is 2.59. The summed E-state index contributed by atoms with van der Waals surface area (Å²) in [5.41, 5.74) is 0. The highest BCUT2D eigenvalue weighted by Crippen LogP contribution is 2.18. The van der Waals surface area contributed by atoms with E-state index in [1.807, 2.05) is 0 Å². The lowest BCUT2D eigenvalue weighted by atomic mass is 10.1. The molecule has 0 amide bonds. The van der Waals surface area contributed by atoms with Gasteiger partial charge in [-0.25, -0.2) is 4.79 Å². The Morgan fingerprint density at radius 3 is 2.42 bits per heavy atom. The molecule has 1 unspecified atom stereocenters. The molecule has 1 saturated heterocycles. The molecule has 0 aromatic carbocycles. The average Bonchev–Trinajstić information content (AvgIpc) is 2.32. The quantitative estimate of drug-likeness (QED) is 0.335. The number of esters is 1. The summed E-state index contributed by atoms with van der Waals surface area (Å²) in [6, 6.07) is 0. The van der Waals surface area contributed by atoms with Crippen molar-refractivity contribution in [2.24, 2.45) is 0 Å². The third kappa shape index (κ3) is 1.42. The summed E-state index contributed by atoms with van der Waals surface area (Å²) in [6.45, 7) is -0.637. The van der Waals surface area contributed by atoms with E-state index in [0.717, 1.165) is 0 Å². The predicted octanol–water partition coefficient (Wildman–Crippen LogP) is -3.01. The van der Waals surface area contributed by atoms with Crippen LogP contribution in [0.3, 0.4) is 0 Å². The highest BCUT2D eigenvalue weighted by atomic mass is 16.6. The number of aliphatic hydroxyl groups excluding tert-OH is 4. The van der Waals surface area contributed by atoms with Crippen LogP contribution in [-0.2, 0) is 9.53 Å². The van der Waals surface area contributed by atoms with E-state index >= 15 is 0 Å². The number of ether oxygens (including phenoxy) is 1. The fraction of sp³-hybridized carbons (Fsp3) is 0.833. The van der Waals surface area contributed by atoms with E-state index in [4.69, 9.17) is 20.4 Å². The molecule has 12 heavy (non-hydrogen) atoms. The van der Waals surface area contributed by atoms with Crippen molar-refractivity contribution >= 4 is 5.97 Å². The van der Waals surface area contributed by atoms with Gasteiger partial charge in [0.05, 0.1) is 6.61 Å². The van der Waals surface area contributed by atoms with Crippen LogP contribution < -0.4 is 0 Å². The molecule has 6 nitrogen and oxygen atoms in total. The van der Waals surface area contributed by atoms with Gasteiger partial charge in [0.2, 0.25) is 0 Å². The van der Waals surface area contributed by atoms with E-state index in [0.29, 0.717) is 0 Å². The van der Waals surface area contributed by atoms with E-state index in [-0.39, 0.29) is 0 Å². The third-order valence-electron chi connectivity index (χ3n) is 1.72. The highest BCUT2D eigenvalue weighted by Gasteiger charge is 2.45. The number of hydrogen-bond donors (Lipinski definition) is 4. The molecule has 0 aromatic rings. The topological polar surface area (TPSA) is 107 Å². The van der Waals surface area contributed by atoms with Gasteiger partial charge in [0, 0.05) is 0 Å². The number of carbonyl (C=O) groups is 1. The van der Waals surface area contributed by atoms with Gasteiger partial charge in [0.25, 0.3) is 0 Å². The molecule has 0 spiro atoms. The number of hydrogen-bond acceptors (Lipinski definition) is 6. The zero-order valence-electron chi connectivity index (χ0n) is 6.12. The summed E-state index contributed by atoms with van der Waals surface area (Å²) in [5, 5.41) is 35.3. The molecule has 70 valence electrons. The van der Waals surface area contributed by atoms with Crippen molar-refractivity contribution in [2.75, 3.05) is 6.61 Å². The Hall–Kier alpha value is -0.690. The summed E-state index contributed by atoms with van der Waals surface area (Å²) in [7, 11) is 0. The molecule has 1 aliphatic rings. The maximum atomic E-state index is 10.6. The van der Waals surface area contributed by atoms with Gasteiger partial charge >= 0.3 is 5.97 Å². The lowest BCUT2D eigenvalue weighted by Gasteiger charge is -2.17. The van der Waals surface area contributed by atoms with Gasteiger partial charge in [-0.15, -0.1) is 0 Å². The molecule has 0 bridgehead atoms. The third-order valence-corrected chi connectivity index (χ3v) is 1.72. The van der Waals surface area contributed by atoms with Gasteiger partial charge in [0.15, 0.2) is 12.2 Å². The summed E-state index contributed by atoms with van der Waals surface area (Å²) >= 11 is 0. The van der Waals surface area contributed by atoms with E-state index in [9.17, 15) is 4.79 Å². The Bertz CT molecular complexity index is 181. The molecular weight excluding hydrogens is 168 g/mol. The summed E-state index contributed by atoms with van der Waals surface area (Å²) in [5.74, 6) is -0.986. The fourth-order valence-corrected chi connectivity index (χ4v) is 1.00. The van der Waals surface area contributed by atoms with E-state index in [1.54, 1.807) is 0 Å². The maximum Gasteiger partial charge on any atom is 0.338 e. The van der Waals surface area contributed by atoms with Crippen LogP contribution in [0.2, 0.25) is 0 Å². The number of aliphatic hydroxyl groups is 4. The summed E-state index contributed by atoms with van der Waals surface area (Å²) in [6.07, 6.45) is -5.70. The Balaban J connectivity index is 2.64. The molecule has 1 heterocycles. The van der Waals surface area contributed by atoms with Crippen LogP contribution in [-0.4, -0.2) is 57.4 Å². The second-order valence-electron chi connectivity index (χ2n) is 2.59. The minimum atomic E-state index is -1.63. The van der Waals surface area contributed by atoms with E-state index in [1.165, 1.54) is 0 Å². The first-order valence-corrected chi connectivity index (χ1v) is 3.43. The van der Waals surface area contributed by atoms with Crippen LogP contribution in [0.4, 0.5) is 0 Å². The molecule has 1 aliphatic heterocycles. The van der Waals surface area contributed by atoms with E-state index in [2.05, 4.69) is 4.74 Å². The predicted molar refractivity (Wildman–Crippen MR) is 35.0 cm³/mol. The van der Waals surface area contributed by atoms with Crippen molar-refractivity contribution in [1.29, 1.82) is 0 Å². The number of cyclic esters (lactones) is 1. The first kappa shape index (κ1) is 9.40. The Morgan fingerprint density at radius 2 is 2.08 bits per heavy atom. The van der Waals surface area contributed by atoms with Crippen LogP contribution in [0.15, 0.2) is 0 Å². The Kier molecular flexibility index (Phi) is 2.63. The van der Waals surface area contributed by atoms with Crippen molar-refractivity contribution < 1.29 is 30.0 Å². The molecule has 4 N–H and O–H groups in total. The van der Waals surface area contributed by atoms with Gasteiger partial charge in [0.1, 0.15) is 12.2 Å². The summed E-state index contributed by atoms with van der Waals surface area (Å²) in [4.78, 5) is 10.6. The first-order valence-electron chi connectivity index (χ1n) is 3.43. The van der Waals surface area contributed by atoms with Gasteiger partial charge in [-0.3, -0.25) is 0 Å². The SMILES string of the molecule is O=C1OC([C@H](O)CO)[C@H](O)[C@H]1O. The van der Waals surface area contributed by atoms with Crippen LogP contribution in [0, 0.1) is 0 Å². The normalized spacial score (nSPS) is 38.0.